The number of nitrogens with one attached hydrogen (secondary N) is 3. The Morgan fingerprint density at radius 2 is 2.19 bits per heavy atom. The van der Waals surface area contributed by atoms with Crippen LogP contribution in [0.15, 0.2) is 24.7 Å². The van der Waals surface area contributed by atoms with E-state index in [2.05, 4.69) is 30.9 Å². The van der Waals surface area contributed by atoms with Crippen LogP contribution in [0, 0.1) is 11.3 Å². The number of carbonyl (C=O) groups is 1. The highest BCUT2D eigenvalue weighted by molar-refractivity contribution is 5.94. The number of carboxylic acids is 1. The topological polar surface area (TPSA) is 145 Å². The molecule has 1 fully saturated rings. The summed E-state index contributed by atoms with van der Waals surface area (Å²) >= 11 is 0. The van der Waals surface area contributed by atoms with E-state index in [4.69, 9.17) is 10.00 Å². The number of aromatic carboxylic acids is 1. The van der Waals surface area contributed by atoms with Crippen LogP contribution in [0.5, 0.6) is 0 Å². The van der Waals surface area contributed by atoms with Crippen molar-refractivity contribution in [2.45, 2.75) is 12.5 Å². The SMILES string of the molecule is N#Cc1cnc(Nc2cc(NCCC3CNCCO3)c(C(=O)O)cn2)cn1. The first-order valence-corrected chi connectivity index (χ1v) is 8.44. The van der Waals surface area contributed by atoms with Crippen molar-refractivity contribution < 1.29 is 14.6 Å². The second-order valence-electron chi connectivity index (χ2n) is 5.86. The molecule has 0 bridgehead atoms. The molecule has 1 saturated heterocycles. The Hall–Kier alpha value is -3.29. The van der Waals surface area contributed by atoms with Gasteiger partial charge in [0, 0.05) is 31.9 Å². The van der Waals surface area contributed by atoms with Gasteiger partial charge >= 0.3 is 5.97 Å². The van der Waals surface area contributed by atoms with Gasteiger partial charge in [0.05, 0.1) is 30.8 Å². The summed E-state index contributed by atoms with van der Waals surface area (Å²) in [4.78, 5) is 23.5. The van der Waals surface area contributed by atoms with Crippen molar-refractivity contribution in [3.05, 3.63) is 35.9 Å². The van der Waals surface area contributed by atoms with Gasteiger partial charge < -0.3 is 25.8 Å². The predicted molar refractivity (Wildman–Crippen MR) is 96.9 cm³/mol. The van der Waals surface area contributed by atoms with Gasteiger partial charge in [0.15, 0.2) is 5.69 Å². The second kappa shape index (κ2) is 8.88. The molecule has 0 aliphatic carbocycles. The minimum absolute atomic E-state index is 0.0779. The first kappa shape index (κ1) is 18.5. The van der Waals surface area contributed by atoms with Gasteiger partial charge in [-0.3, -0.25) is 0 Å². The molecule has 3 rings (SSSR count). The van der Waals surface area contributed by atoms with E-state index in [1.54, 1.807) is 6.07 Å². The summed E-state index contributed by atoms with van der Waals surface area (Å²) in [5.41, 5.74) is 0.732. The average molecular weight is 369 g/mol. The lowest BCUT2D eigenvalue weighted by Crippen LogP contribution is -2.39. The summed E-state index contributed by atoms with van der Waals surface area (Å²) in [5.74, 6) is -0.250. The summed E-state index contributed by atoms with van der Waals surface area (Å²) in [6.45, 7) is 2.88. The van der Waals surface area contributed by atoms with Crippen LogP contribution in [0.2, 0.25) is 0 Å². The molecule has 10 heteroatoms. The fourth-order valence-corrected chi connectivity index (χ4v) is 2.59. The van der Waals surface area contributed by atoms with Gasteiger partial charge in [-0.15, -0.1) is 0 Å². The monoisotopic (exact) mass is 369 g/mol. The van der Waals surface area contributed by atoms with Gasteiger partial charge in [0.2, 0.25) is 0 Å². The van der Waals surface area contributed by atoms with E-state index in [0.29, 0.717) is 30.5 Å². The van der Waals surface area contributed by atoms with E-state index in [1.165, 1.54) is 18.6 Å². The Labute approximate surface area is 155 Å². The van der Waals surface area contributed by atoms with Gasteiger partial charge in [-0.1, -0.05) is 0 Å². The van der Waals surface area contributed by atoms with E-state index in [0.717, 1.165) is 19.5 Å². The minimum atomic E-state index is -1.06. The van der Waals surface area contributed by atoms with Gasteiger partial charge in [0.25, 0.3) is 0 Å². The van der Waals surface area contributed by atoms with Crippen LogP contribution in [0.1, 0.15) is 22.5 Å². The maximum absolute atomic E-state index is 11.4. The van der Waals surface area contributed by atoms with Gasteiger partial charge in [0.1, 0.15) is 23.3 Å². The number of aromatic nitrogens is 3. The Kier molecular flexibility index (Phi) is 6.09. The summed E-state index contributed by atoms with van der Waals surface area (Å²) in [6.07, 6.45) is 4.88. The molecule has 10 nitrogen and oxygen atoms in total. The van der Waals surface area contributed by atoms with Crippen LogP contribution < -0.4 is 16.0 Å². The van der Waals surface area contributed by atoms with E-state index >= 15 is 0 Å². The normalized spacial score (nSPS) is 16.3. The van der Waals surface area contributed by atoms with Crippen LogP contribution in [0.4, 0.5) is 17.3 Å². The molecule has 1 unspecified atom stereocenters. The molecule has 140 valence electrons. The van der Waals surface area contributed by atoms with E-state index in [-0.39, 0.29) is 17.4 Å². The molecule has 1 atom stereocenters. The second-order valence-corrected chi connectivity index (χ2v) is 5.86. The van der Waals surface area contributed by atoms with Crippen molar-refractivity contribution in [1.29, 1.82) is 5.26 Å². The molecule has 0 spiro atoms. The first-order valence-electron chi connectivity index (χ1n) is 8.44. The molecule has 0 aromatic carbocycles. The molecule has 27 heavy (non-hydrogen) atoms. The Morgan fingerprint density at radius 1 is 1.33 bits per heavy atom. The van der Waals surface area contributed by atoms with E-state index < -0.39 is 5.97 Å². The zero-order chi connectivity index (χ0) is 19.1. The molecule has 3 heterocycles. The van der Waals surface area contributed by atoms with Crippen molar-refractivity contribution in [3.8, 4) is 6.07 Å². The predicted octanol–water partition coefficient (Wildman–Crippen LogP) is 0.975. The van der Waals surface area contributed by atoms with Crippen molar-refractivity contribution >= 4 is 23.3 Å². The number of rotatable bonds is 7. The molecule has 0 amide bonds. The summed E-state index contributed by atoms with van der Waals surface area (Å²) in [6, 6.07) is 3.49. The molecule has 1 aliphatic rings. The number of carboxylic acid groups (broad SMARTS) is 1. The quantitative estimate of drug-likeness (QED) is 0.557. The standard InChI is InChI=1S/C17H19N7O3/c18-6-11-7-22-16(10-21-11)24-15-5-14(13(9-23-15)17(25)26)20-2-1-12-8-19-3-4-27-12/h5,7,9-10,12,19H,1-4,8H2,(H,25,26)(H2,20,22,23,24). The van der Waals surface area contributed by atoms with Gasteiger partial charge in [-0.05, 0) is 6.42 Å². The molecule has 2 aromatic heterocycles. The van der Waals surface area contributed by atoms with Crippen molar-refractivity contribution in [2.75, 3.05) is 36.9 Å². The Balaban J connectivity index is 1.67. The van der Waals surface area contributed by atoms with E-state index in [9.17, 15) is 9.90 Å². The highest BCUT2D eigenvalue weighted by Crippen LogP contribution is 2.21. The number of nitriles is 1. The Morgan fingerprint density at radius 3 is 2.85 bits per heavy atom. The summed E-state index contributed by atoms with van der Waals surface area (Å²) in [7, 11) is 0. The number of ether oxygens (including phenoxy) is 1. The fraction of sp³-hybridized carbons (Fsp3) is 0.353. The zero-order valence-electron chi connectivity index (χ0n) is 14.5. The third kappa shape index (κ3) is 5.10. The minimum Gasteiger partial charge on any atom is -0.478 e. The molecule has 1 aliphatic heterocycles. The number of morpholine rings is 1. The molecule has 0 radical (unpaired) electrons. The smallest absolute Gasteiger partial charge is 0.339 e. The number of hydrogen-bond donors (Lipinski definition) is 4. The first-order chi connectivity index (χ1) is 13.2. The zero-order valence-corrected chi connectivity index (χ0v) is 14.5. The molecule has 4 N–H and O–H groups in total. The van der Waals surface area contributed by atoms with Crippen molar-refractivity contribution in [2.24, 2.45) is 0 Å². The maximum Gasteiger partial charge on any atom is 0.339 e. The van der Waals surface area contributed by atoms with Crippen LogP contribution in [0.25, 0.3) is 0 Å². The number of anilines is 3. The number of pyridine rings is 1. The Bertz CT molecular complexity index is 829. The molecule has 2 aromatic rings. The summed E-state index contributed by atoms with van der Waals surface area (Å²) in [5, 5.41) is 27.5. The van der Waals surface area contributed by atoms with Crippen LogP contribution in [0.3, 0.4) is 0 Å². The lowest BCUT2D eigenvalue weighted by molar-refractivity contribution is 0.0258. The summed E-state index contributed by atoms with van der Waals surface area (Å²) < 4.78 is 5.63. The molecular formula is C17H19N7O3. The van der Waals surface area contributed by atoms with Crippen LogP contribution >= 0.6 is 0 Å². The van der Waals surface area contributed by atoms with E-state index in [1.807, 2.05) is 6.07 Å². The lowest BCUT2D eigenvalue weighted by atomic mass is 10.2. The van der Waals surface area contributed by atoms with Crippen molar-refractivity contribution in [3.63, 3.8) is 0 Å². The lowest BCUT2D eigenvalue weighted by Gasteiger charge is -2.24. The average Bonchev–Trinajstić information content (AvgIpc) is 2.69. The molecular weight excluding hydrogens is 350 g/mol. The highest BCUT2D eigenvalue weighted by Gasteiger charge is 2.15. The van der Waals surface area contributed by atoms with Crippen LogP contribution in [-0.4, -0.2) is 58.4 Å². The number of hydrogen-bond acceptors (Lipinski definition) is 9. The maximum atomic E-state index is 11.4. The number of nitrogens with zero attached hydrogens (tertiary/aromatic N) is 4. The highest BCUT2D eigenvalue weighted by atomic mass is 16.5. The molecule has 0 saturated carbocycles. The third-order valence-electron chi connectivity index (χ3n) is 3.94. The van der Waals surface area contributed by atoms with Gasteiger partial charge in [-0.2, -0.15) is 5.26 Å². The fourth-order valence-electron chi connectivity index (χ4n) is 2.59. The largest absolute Gasteiger partial charge is 0.478 e. The van der Waals surface area contributed by atoms with Crippen molar-refractivity contribution in [1.82, 2.24) is 20.3 Å². The third-order valence-corrected chi connectivity index (χ3v) is 3.94. The van der Waals surface area contributed by atoms with Gasteiger partial charge in [-0.25, -0.2) is 19.7 Å². The van der Waals surface area contributed by atoms with Crippen LogP contribution in [-0.2, 0) is 4.74 Å².